The van der Waals surface area contributed by atoms with Crippen molar-refractivity contribution in [3.63, 3.8) is 0 Å². The quantitative estimate of drug-likeness (QED) is 0.745. The van der Waals surface area contributed by atoms with Gasteiger partial charge in [0.2, 0.25) is 0 Å². The Bertz CT molecular complexity index is 484. The molecule has 4 bridgehead atoms. The third-order valence-electron chi connectivity index (χ3n) is 10.1. The normalized spacial score (nSPS) is 67.4. The minimum Gasteiger partial charge on any atom is -0.396 e. The first-order valence-corrected chi connectivity index (χ1v) is 9.51. The van der Waals surface area contributed by atoms with Gasteiger partial charge in [0.15, 0.2) is 0 Å². The van der Waals surface area contributed by atoms with Crippen molar-refractivity contribution in [3.8, 4) is 0 Å². The SMILES string of the molecule is CC12C[C@@H]3CC[C@@H]4[C@](C)(CO)CCC[C@@]4(C)C34C[C@@H]1[C@@H]2C4. The van der Waals surface area contributed by atoms with Crippen molar-refractivity contribution in [1.29, 1.82) is 0 Å². The molecule has 0 radical (unpaired) electrons. The van der Waals surface area contributed by atoms with E-state index in [4.69, 9.17) is 0 Å². The molecular weight excluding hydrogens is 256 g/mol. The summed E-state index contributed by atoms with van der Waals surface area (Å²) in [6.45, 7) is 8.07. The molecule has 21 heavy (non-hydrogen) atoms. The summed E-state index contributed by atoms with van der Waals surface area (Å²) in [6.07, 6.45) is 11.6. The van der Waals surface area contributed by atoms with Crippen LogP contribution in [0.15, 0.2) is 0 Å². The van der Waals surface area contributed by atoms with Crippen LogP contribution in [0, 0.1) is 45.3 Å². The van der Waals surface area contributed by atoms with E-state index in [-0.39, 0.29) is 5.41 Å². The standard InChI is InChI=1S/C20H32O/c1-17(12-21)7-4-8-19(3)16(17)6-5-13-9-18(2)14-10-20(13,19)11-15(14)18/h13-16,21H,4-12H2,1-3H3/t13-,14-,15+,16+,17-,18?,19+,20?/m0/s1. The summed E-state index contributed by atoms with van der Waals surface area (Å²) in [4.78, 5) is 0. The van der Waals surface area contributed by atoms with Crippen LogP contribution >= 0.6 is 0 Å². The Hall–Kier alpha value is -0.0400. The average Bonchev–Trinajstić information content (AvgIpc) is 2.83. The molecule has 1 nitrogen and oxygen atoms in total. The summed E-state index contributed by atoms with van der Waals surface area (Å²) in [5, 5.41) is 10.1. The number of hydrogen-bond donors (Lipinski definition) is 1. The molecule has 0 aromatic heterocycles. The van der Waals surface area contributed by atoms with Crippen molar-refractivity contribution < 1.29 is 5.11 Å². The van der Waals surface area contributed by atoms with Crippen LogP contribution in [0.5, 0.6) is 0 Å². The topological polar surface area (TPSA) is 20.2 Å². The molecular formula is C20H32O. The lowest BCUT2D eigenvalue weighted by molar-refractivity contribution is -0.197. The number of aliphatic hydroxyl groups is 1. The zero-order valence-corrected chi connectivity index (χ0v) is 14.1. The van der Waals surface area contributed by atoms with E-state index in [1.165, 1.54) is 32.1 Å². The molecule has 2 unspecified atom stereocenters. The first-order valence-electron chi connectivity index (χ1n) is 9.51. The summed E-state index contributed by atoms with van der Waals surface area (Å²) in [5.74, 6) is 3.94. The predicted molar refractivity (Wildman–Crippen MR) is 84.7 cm³/mol. The van der Waals surface area contributed by atoms with E-state index in [1.807, 2.05) is 0 Å². The maximum atomic E-state index is 10.1. The number of hydrogen-bond acceptors (Lipinski definition) is 1. The van der Waals surface area contributed by atoms with Gasteiger partial charge >= 0.3 is 0 Å². The summed E-state index contributed by atoms with van der Waals surface area (Å²) in [5.41, 5.74) is 2.16. The van der Waals surface area contributed by atoms with Gasteiger partial charge in [-0.3, -0.25) is 0 Å². The Balaban J connectivity index is 1.59. The molecule has 6 aliphatic carbocycles. The van der Waals surface area contributed by atoms with Gasteiger partial charge in [-0.25, -0.2) is 0 Å². The Morgan fingerprint density at radius 2 is 1.67 bits per heavy atom. The second kappa shape index (κ2) is 3.55. The van der Waals surface area contributed by atoms with E-state index in [2.05, 4.69) is 20.8 Å². The molecule has 1 N–H and O–H groups in total. The van der Waals surface area contributed by atoms with Crippen molar-refractivity contribution in [2.75, 3.05) is 6.61 Å². The highest BCUT2D eigenvalue weighted by Crippen LogP contribution is 2.86. The molecule has 118 valence electrons. The van der Waals surface area contributed by atoms with Crippen molar-refractivity contribution in [2.24, 2.45) is 45.3 Å². The van der Waals surface area contributed by atoms with Crippen LogP contribution in [0.3, 0.4) is 0 Å². The van der Waals surface area contributed by atoms with Crippen LogP contribution in [0.25, 0.3) is 0 Å². The summed E-state index contributed by atoms with van der Waals surface area (Å²) in [7, 11) is 0. The lowest BCUT2D eigenvalue weighted by Crippen LogP contribution is -2.61. The molecule has 0 aliphatic heterocycles. The lowest BCUT2D eigenvalue weighted by atomic mass is 9.37. The van der Waals surface area contributed by atoms with Gasteiger partial charge in [0, 0.05) is 6.61 Å². The zero-order valence-electron chi connectivity index (χ0n) is 14.1. The molecule has 0 aromatic carbocycles. The first-order chi connectivity index (χ1) is 9.90. The molecule has 6 fully saturated rings. The largest absolute Gasteiger partial charge is 0.396 e. The zero-order chi connectivity index (χ0) is 14.7. The van der Waals surface area contributed by atoms with Crippen LogP contribution < -0.4 is 0 Å². The molecule has 0 saturated heterocycles. The van der Waals surface area contributed by atoms with Gasteiger partial charge in [-0.05, 0) is 90.3 Å². The van der Waals surface area contributed by atoms with Gasteiger partial charge in [-0.15, -0.1) is 0 Å². The molecule has 0 heterocycles. The molecule has 0 amide bonds. The molecule has 0 aromatic rings. The third kappa shape index (κ3) is 1.24. The van der Waals surface area contributed by atoms with E-state index >= 15 is 0 Å². The molecule has 6 saturated carbocycles. The Morgan fingerprint density at radius 1 is 0.952 bits per heavy atom. The highest BCUT2D eigenvalue weighted by atomic mass is 16.3. The fourth-order valence-corrected chi connectivity index (χ4v) is 8.85. The van der Waals surface area contributed by atoms with E-state index in [0.29, 0.717) is 17.4 Å². The van der Waals surface area contributed by atoms with Gasteiger partial charge in [0.1, 0.15) is 0 Å². The monoisotopic (exact) mass is 288 g/mol. The molecule has 6 rings (SSSR count). The smallest absolute Gasteiger partial charge is 0.0487 e. The highest BCUT2D eigenvalue weighted by Gasteiger charge is 2.79. The maximum absolute atomic E-state index is 10.1. The minimum absolute atomic E-state index is 0.209. The van der Waals surface area contributed by atoms with E-state index in [9.17, 15) is 5.11 Å². The average molecular weight is 288 g/mol. The minimum atomic E-state index is 0.209. The van der Waals surface area contributed by atoms with Gasteiger partial charge in [0.05, 0.1) is 0 Å². The third-order valence-corrected chi connectivity index (χ3v) is 10.1. The van der Waals surface area contributed by atoms with Gasteiger partial charge in [0.25, 0.3) is 0 Å². The Morgan fingerprint density at radius 3 is 2.33 bits per heavy atom. The summed E-state index contributed by atoms with van der Waals surface area (Å²) >= 11 is 0. The number of fused-ring (bicyclic) bond motifs is 1. The lowest BCUT2D eigenvalue weighted by Gasteiger charge is -2.68. The maximum Gasteiger partial charge on any atom is 0.0487 e. The summed E-state index contributed by atoms with van der Waals surface area (Å²) in [6, 6.07) is 0. The van der Waals surface area contributed by atoms with Crippen LogP contribution in [0.2, 0.25) is 0 Å². The summed E-state index contributed by atoms with van der Waals surface area (Å²) < 4.78 is 0. The van der Waals surface area contributed by atoms with Crippen molar-refractivity contribution in [2.45, 2.75) is 72.1 Å². The second-order valence-corrected chi connectivity index (χ2v) is 10.4. The van der Waals surface area contributed by atoms with Crippen LogP contribution in [0.1, 0.15) is 72.1 Å². The Labute approximate surface area is 129 Å². The molecule has 8 atom stereocenters. The molecule has 6 aliphatic rings. The van der Waals surface area contributed by atoms with Gasteiger partial charge in [-0.1, -0.05) is 27.2 Å². The van der Waals surface area contributed by atoms with Crippen LogP contribution in [-0.4, -0.2) is 11.7 Å². The fraction of sp³-hybridized carbons (Fsp3) is 1.00. The second-order valence-electron chi connectivity index (χ2n) is 10.4. The van der Waals surface area contributed by atoms with Gasteiger partial charge < -0.3 is 5.11 Å². The van der Waals surface area contributed by atoms with E-state index < -0.39 is 0 Å². The van der Waals surface area contributed by atoms with E-state index in [1.54, 1.807) is 19.3 Å². The highest BCUT2D eigenvalue weighted by molar-refractivity contribution is 5.28. The molecule has 1 spiro atoms. The van der Waals surface area contributed by atoms with Crippen LogP contribution in [0.4, 0.5) is 0 Å². The van der Waals surface area contributed by atoms with Crippen molar-refractivity contribution in [1.82, 2.24) is 0 Å². The Kier molecular flexibility index (Phi) is 2.27. The van der Waals surface area contributed by atoms with Crippen molar-refractivity contribution in [3.05, 3.63) is 0 Å². The first kappa shape index (κ1) is 13.4. The molecule has 1 heteroatoms. The van der Waals surface area contributed by atoms with Crippen LogP contribution in [-0.2, 0) is 0 Å². The van der Waals surface area contributed by atoms with E-state index in [0.717, 1.165) is 29.1 Å². The van der Waals surface area contributed by atoms with Crippen molar-refractivity contribution >= 4 is 0 Å². The number of aliphatic hydroxyl groups excluding tert-OH is 1. The number of rotatable bonds is 1. The predicted octanol–water partition coefficient (Wildman–Crippen LogP) is 4.64. The fourth-order valence-electron chi connectivity index (χ4n) is 8.85. The van der Waals surface area contributed by atoms with Gasteiger partial charge in [-0.2, -0.15) is 0 Å².